The number of aromatic nitrogens is 2. The number of nitrogens with zero attached hydrogens (tertiary/aromatic N) is 1. The molecule has 3 nitrogen and oxygen atoms in total. The molecule has 0 atom stereocenters. The lowest BCUT2D eigenvalue weighted by atomic mass is 10.2. The Morgan fingerprint density at radius 1 is 1.40 bits per heavy atom. The second-order valence-electron chi connectivity index (χ2n) is 3.15. The topological polar surface area (TPSA) is 41.8 Å². The highest BCUT2D eigenvalue weighted by atomic mass is 35.5. The molecule has 2 aromatic heterocycles. The van der Waals surface area contributed by atoms with Gasteiger partial charge in [-0.05, 0) is 18.2 Å². The van der Waals surface area contributed by atoms with Gasteiger partial charge >= 0.3 is 0 Å². The average Bonchev–Trinajstić information content (AvgIpc) is 2.58. The van der Waals surface area contributed by atoms with Crippen molar-refractivity contribution in [2.75, 3.05) is 0 Å². The van der Waals surface area contributed by atoms with Gasteiger partial charge in [0.1, 0.15) is 5.58 Å². The van der Waals surface area contributed by atoms with Crippen LogP contribution in [0.4, 0.5) is 0 Å². The summed E-state index contributed by atoms with van der Waals surface area (Å²) in [5.41, 5.74) is 2.20. The molecular formula is C10H5ClN2OS. The summed E-state index contributed by atoms with van der Waals surface area (Å²) in [5.74, 6) is 0. The number of hydrogen-bond acceptors (Lipinski definition) is 3. The normalized spacial score (nSPS) is 11.3. The van der Waals surface area contributed by atoms with E-state index in [1.165, 1.54) is 0 Å². The molecule has 0 aliphatic carbocycles. The third-order valence-corrected chi connectivity index (χ3v) is 2.76. The van der Waals surface area contributed by atoms with E-state index in [2.05, 4.69) is 9.97 Å². The van der Waals surface area contributed by atoms with Crippen LogP contribution in [0.25, 0.3) is 22.1 Å². The van der Waals surface area contributed by atoms with Gasteiger partial charge in [0.2, 0.25) is 0 Å². The highest BCUT2D eigenvalue weighted by molar-refractivity contribution is 7.71. The van der Waals surface area contributed by atoms with Crippen molar-refractivity contribution in [2.24, 2.45) is 0 Å². The Balaban J connectivity index is 2.64. The van der Waals surface area contributed by atoms with E-state index in [9.17, 15) is 0 Å². The van der Waals surface area contributed by atoms with Crippen molar-refractivity contribution in [3.63, 3.8) is 0 Å². The third-order valence-electron chi connectivity index (χ3n) is 2.23. The summed E-state index contributed by atoms with van der Waals surface area (Å²) < 4.78 is 6.04. The molecule has 0 radical (unpaired) electrons. The van der Waals surface area contributed by atoms with Gasteiger partial charge in [-0.2, -0.15) is 0 Å². The number of fused-ring (bicyclic) bond motifs is 3. The Labute approximate surface area is 94.7 Å². The minimum atomic E-state index is 0.455. The number of aromatic amines is 1. The van der Waals surface area contributed by atoms with E-state index in [0.717, 1.165) is 16.5 Å². The minimum absolute atomic E-state index is 0.455. The monoisotopic (exact) mass is 236 g/mol. The van der Waals surface area contributed by atoms with Gasteiger partial charge < -0.3 is 9.40 Å². The van der Waals surface area contributed by atoms with Crippen LogP contribution in [-0.2, 0) is 0 Å². The van der Waals surface area contributed by atoms with E-state index in [1.54, 1.807) is 12.4 Å². The standard InChI is InChI=1S/C10H5ClN2OS/c11-5-1-2-7-6(3-5)8-9(14-7)10(15)13-4-12-8/h1-4H,(H,12,13,15). The number of benzene rings is 1. The fraction of sp³-hybridized carbons (Fsp3) is 0. The Morgan fingerprint density at radius 3 is 3.13 bits per heavy atom. The molecule has 5 heteroatoms. The molecule has 15 heavy (non-hydrogen) atoms. The number of halogens is 1. The lowest BCUT2D eigenvalue weighted by Crippen LogP contribution is -1.78. The van der Waals surface area contributed by atoms with Gasteiger partial charge in [0.05, 0.1) is 11.8 Å². The first-order valence-electron chi connectivity index (χ1n) is 4.31. The van der Waals surface area contributed by atoms with E-state index in [1.807, 2.05) is 12.1 Å². The van der Waals surface area contributed by atoms with E-state index in [4.69, 9.17) is 28.2 Å². The van der Waals surface area contributed by atoms with Crippen molar-refractivity contribution in [2.45, 2.75) is 0 Å². The molecule has 0 unspecified atom stereocenters. The van der Waals surface area contributed by atoms with Crippen LogP contribution in [0.5, 0.6) is 0 Å². The number of nitrogens with one attached hydrogen (secondary N) is 1. The molecule has 0 saturated heterocycles. The zero-order chi connectivity index (χ0) is 10.4. The van der Waals surface area contributed by atoms with Gasteiger partial charge in [-0.15, -0.1) is 0 Å². The Morgan fingerprint density at radius 2 is 2.27 bits per heavy atom. The summed E-state index contributed by atoms with van der Waals surface area (Å²) in [4.78, 5) is 6.97. The summed E-state index contributed by atoms with van der Waals surface area (Å²) in [5, 5.41) is 1.59. The fourth-order valence-corrected chi connectivity index (χ4v) is 1.95. The number of hydrogen-bond donors (Lipinski definition) is 1. The molecule has 1 N–H and O–H groups in total. The zero-order valence-corrected chi connectivity index (χ0v) is 9.02. The highest BCUT2D eigenvalue weighted by Crippen LogP contribution is 2.28. The summed E-state index contributed by atoms with van der Waals surface area (Å²) >= 11 is 11.0. The van der Waals surface area contributed by atoms with Crippen LogP contribution in [0.15, 0.2) is 28.9 Å². The first-order valence-corrected chi connectivity index (χ1v) is 5.10. The maximum atomic E-state index is 5.92. The lowest BCUT2D eigenvalue weighted by Gasteiger charge is -1.89. The Kier molecular flexibility index (Phi) is 1.81. The van der Waals surface area contributed by atoms with Gasteiger partial charge in [0.25, 0.3) is 0 Å². The average molecular weight is 237 g/mol. The van der Waals surface area contributed by atoms with E-state index < -0.39 is 0 Å². The molecule has 0 saturated carbocycles. The Bertz CT molecular complexity index is 716. The van der Waals surface area contributed by atoms with Crippen LogP contribution in [0.1, 0.15) is 0 Å². The van der Waals surface area contributed by atoms with Crippen LogP contribution in [0.2, 0.25) is 5.02 Å². The van der Waals surface area contributed by atoms with Gasteiger partial charge in [-0.1, -0.05) is 23.8 Å². The summed E-state index contributed by atoms with van der Waals surface area (Å²) in [7, 11) is 0. The molecule has 3 rings (SSSR count). The van der Waals surface area contributed by atoms with Crippen LogP contribution >= 0.6 is 23.8 Å². The van der Waals surface area contributed by atoms with Gasteiger partial charge in [-0.3, -0.25) is 0 Å². The fourth-order valence-electron chi connectivity index (χ4n) is 1.58. The molecule has 0 aliphatic heterocycles. The lowest BCUT2D eigenvalue weighted by molar-refractivity contribution is 0.664. The summed E-state index contributed by atoms with van der Waals surface area (Å²) in [6.07, 6.45) is 1.56. The van der Waals surface area contributed by atoms with Gasteiger partial charge in [0.15, 0.2) is 10.2 Å². The first-order chi connectivity index (χ1) is 7.25. The summed E-state index contributed by atoms with van der Waals surface area (Å²) in [6.45, 7) is 0. The molecule has 0 amide bonds. The van der Waals surface area contributed by atoms with Crippen molar-refractivity contribution in [3.05, 3.63) is 34.2 Å². The van der Waals surface area contributed by atoms with Gasteiger partial charge in [-0.25, -0.2) is 4.98 Å². The maximum Gasteiger partial charge on any atom is 0.188 e. The molecule has 1 aromatic carbocycles. The SMILES string of the molecule is S=c1nc[nH]c2c1oc1ccc(Cl)cc12. The van der Waals surface area contributed by atoms with Crippen molar-refractivity contribution in [3.8, 4) is 0 Å². The second-order valence-corrected chi connectivity index (χ2v) is 3.98. The third kappa shape index (κ3) is 1.26. The van der Waals surface area contributed by atoms with Crippen LogP contribution in [0, 0.1) is 4.64 Å². The molecule has 0 fully saturated rings. The highest BCUT2D eigenvalue weighted by Gasteiger charge is 2.08. The Hall–Kier alpha value is -1.39. The van der Waals surface area contributed by atoms with E-state index >= 15 is 0 Å². The van der Waals surface area contributed by atoms with Crippen molar-refractivity contribution in [1.82, 2.24) is 9.97 Å². The van der Waals surface area contributed by atoms with E-state index in [0.29, 0.717) is 15.2 Å². The largest absolute Gasteiger partial charge is 0.451 e. The van der Waals surface area contributed by atoms with Crippen molar-refractivity contribution in [1.29, 1.82) is 0 Å². The molecule has 0 spiro atoms. The molecule has 0 bridgehead atoms. The second kappa shape index (κ2) is 3.05. The molecule has 2 heterocycles. The van der Waals surface area contributed by atoms with Crippen molar-refractivity contribution >= 4 is 45.9 Å². The van der Waals surface area contributed by atoms with Gasteiger partial charge in [0, 0.05) is 10.4 Å². The van der Waals surface area contributed by atoms with Crippen LogP contribution in [-0.4, -0.2) is 9.97 Å². The first kappa shape index (κ1) is 8.88. The number of rotatable bonds is 0. The number of furan rings is 1. The smallest absolute Gasteiger partial charge is 0.188 e. The van der Waals surface area contributed by atoms with Crippen molar-refractivity contribution < 1.29 is 4.42 Å². The van der Waals surface area contributed by atoms with E-state index in [-0.39, 0.29) is 0 Å². The molecule has 0 aliphatic rings. The molecule has 3 aromatic rings. The predicted molar refractivity (Wildman–Crippen MR) is 61.7 cm³/mol. The minimum Gasteiger partial charge on any atom is -0.451 e. The van der Waals surface area contributed by atoms with Crippen LogP contribution in [0.3, 0.4) is 0 Å². The zero-order valence-electron chi connectivity index (χ0n) is 7.45. The number of H-pyrrole nitrogens is 1. The quantitative estimate of drug-likeness (QED) is 0.606. The maximum absolute atomic E-state index is 5.92. The van der Waals surface area contributed by atoms with Crippen LogP contribution < -0.4 is 0 Å². The predicted octanol–water partition coefficient (Wildman–Crippen LogP) is 3.69. The summed E-state index contributed by atoms with van der Waals surface area (Å²) in [6, 6.07) is 5.44. The molecule has 74 valence electrons. The molecular weight excluding hydrogens is 232 g/mol.